The van der Waals surface area contributed by atoms with Crippen molar-refractivity contribution < 1.29 is 35.9 Å². The maximum Gasteiger partial charge on any atom is 0.416 e. The molecule has 5 nitrogen and oxygen atoms in total. The predicted molar refractivity (Wildman–Crippen MR) is 115 cm³/mol. The third-order valence-electron chi connectivity index (χ3n) is 5.79. The van der Waals surface area contributed by atoms with Crippen molar-refractivity contribution in [1.29, 1.82) is 0 Å². The van der Waals surface area contributed by atoms with Gasteiger partial charge in [0, 0.05) is 18.7 Å². The number of hydrogen-bond donors (Lipinski definition) is 3. The van der Waals surface area contributed by atoms with E-state index in [2.05, 4.69) is 16.0 Å². The molecule has 0 aromatic heterocycles. The molecular weight excluding hydrogens is 464 g/mol. The molecule has 1 saturated carbocycles. The van der Waals surface area contributed by atoms with Gasteiger partial charge in [0.2, 0.25) is 5.91 Å². The van der Waals surface area contributed by atoms with Crippen LogP contribution in [0.5, 0.6) is 0 Å². The molecule has 2 amide bonds. The van der Waals surface area contributed by atoms with Crippen LogP contribution in [-0.2, 0) is 17.1 Å². The van der Waals surface area contributed by atoms with Gasteiger partial charge in [-0.3, -0.25) is 9.59 Å². The molecule has 1 aliphatic carbocycles. The van der Waals surface area contributed by atoms with Gasteiger partial charge in [0.25, 0.3) is 5.91 Å². The minimum absolute atomic E-state index is 0.0000478. The standard InChI is InChI=1S/C23H31F6N3O2/c1-14(2)10-31-20(33)13-30-11-15-3-5-16(6-4-15)12-32-21(34)17-7-18(22(24,25)26)9-19(8-17)23(27,28)29/h7-9,14-16,30H,3-6,10-13H2,1-2H3,(H,31,33)(H,32,34)/t15-,16-. The molecule has 2 rings (SSSR count). The molecule has 0 radical (unpaired) electrons. The largest absolute Gasteiger partial charge is 0.416 e. The highest BCUT2D eigenvalue weighted by atomic mass is 19.4. The third-order valence-corrected chi connectivity index (χ3v) is 5.79. The molecule has 0 aliphatic heterocycles. The summed E-state index contributed by atoms with van der Waals surface area (Å²) in [6.45, 7) is 5.73. The lowest BCUT2D eigenvalue weighted by Crippen LogP contribution is -2.38. The van der Waals surface area contributed by atoms with Crippen molar-refractivity contribution in [2.45, 2.75) is 51.9 Å². The lowest BCUT2D eigenvalue weighted by Gasteiger charge is -2.28. The average molecular weight is 496 g/mol. The first-order chi connectivity index (χ1) is 15.8. The minimum atomic E-state index is -5.00. The van der Waals surface area contributed by atoms with Crippen LogP contribution in [0.2, 0.25) is 0 Å². The highest BCUT2D eigenvalue weighted by molar-refractivity contribution is 5.94. The van der Waals surface area contributed by atoms with E-state index in [1.54, 1.807) is 0 Å². The van der Waals surface area contributed by atoms with Gasteiger partial charge in [0.1, 0.15) is 0 Å². The number of nitrogens with one attached hydrogen (secondary N) is 3. The van der Waals surface area contributed by atoms with Gasteiger partial charge in [-0.05, 0) is 68.2 Å². The van der Waals surface area contributed by atoms with Crippen LogP contribution in [-0.4, -0.2) is 38.0 Å². The number of halogens is 6. The average Bonchev–Trinajstić information content (AvgIpc) is 2.75. The van der Waals surface area contributed by atoms with E-state index in [1.807, 2.05) is 13.8 Å². The summed E-state index contributed by atoms with van der Waals surface area (Å²) >= 11 is 0. The van der Waals surface area contributed by atoms with E-state index in [0.717, 1.165) is 25.7 Å². The predicted octanol–water partition coefficient (Wildman–Crippen LogP) is 4.62. The van der Waals surface area contributed by atoms with Crippen LogP contribution in [0.4, 0.5) is 26.3 Å². The normalized spacial score (nSPS) is 19.2. The molecule has 0 saturated heterocycles. The fourth-order valence-corrected chi connectivity index (χ4v) is 3.84. The monoisotopic (exact) mass is 495 g/mol. The Morgan fingerprint density at radius 1 is 0.853 bits per heavy atom. The molecule has 192 valence electrons. The Morgan fingerprint density at radius 3 is 1.82 bits per heavy atom. The van der Waals surface area contributed by atoms with Crippen molar-refractivity contribution in [3.63, 3.8) is 0 Å². The fourth-order valence-electron chi connectivity index (χ4n) is 3.84. The van der Waals surface area contributed by atoms with E-state index < -0.39 is 35.0 Å². The Hall–Kier alpha value is -2.30. The van der Waals surface area contributed by atoms with Crippen LogP contribution in [0.25, 0.3) is 0 Å². The maximum absolute atomic E-state index is 13.0. The number of rotatable bonds is 9. The van der Waals surface area contributed by atoms with E-state index in [1.165, 1.54) is 0 Å². The first-order valence-electron chi connectivity index (χ1n) is 11.3. The number of carbonyl (C=O) groups excluding carboxylic acids is 2. The van der Waals surface area contributed by atoms with Gasteiger partial charge < -0.3 is 16.0 Å². The number of hydrogen-bond acceptors (Lipinski definition) is 3. The van der Waals surface area contributed by atoms with E-state index in [-0.39, 0.29) is 31.0 Å². The SMILES string of the molecule is CC(C)CNC(=O)CNC[C@H]1CC[C@H](CNC(=O)c2cc(C(F)(F)F)cc(C(F)(F)F)c2)CC1. The summed E-state index contributed by atoms with van der Waals surface area (Å²) in [7, 11) is 0. The summed E-state index contributed by atoms with van der Waals surface area (Å²) in [5, 5.41) is 8.44. The van der Waals surface area contributed by atoms with Gasteiger partial charge in [-0.15, -0.1) is 0 Å². The maximum atomic E-state index is 13.0. The molecule has 1 aromatic carbocycles. The molecule has 34 heavy (non-hydrogen) atoms. The summed E-state index contributed by atoms with van der Waals surface area (Å²) in [4.78, 5) is 24.0. The van der Waals surface area contributed by atoms with Crippen LogP contribution in [0.1, 0.15) is 61.0 Å². The lowest BCUT2D eigenvalue weighted by atomic mass is 9.82. The van der Waals surface area contributed by atoms with Gasteiger partial charge >= 0.3 is 12.4 Å². The Kier molecular flexibility index (Phi) is 9.78. The molecule has 1 fully saturated rings. The zero-order chi connectivity index (χ0) is 25.5. The van der Waals surface area contributed by atoms with Crippen molar-refractivity contribution in [2.24, 2.45) is 17.8 Å². The molecule has 0 bridgehead atoms. The van der Waals surface area contributed by atoms with Crippen molar-refractivity contribution in [2.75, 3.05) is 26.2 Å². The van der Waals surface area contributed by atoms with Crippen LogP contribution in [0.15, 0.2) is 18.2 Å². The summed E-state index contributed by atoms with van der Waals surface area (Å²) in [6, 6.07) is 0.870. The molecule has 11 heteroatoms. The summed E-state index contributed by atoms with van der Waals surface area (Å²) in [5.74, 6) is -0.203. The van der Waals surface area contributed by atoms with Crippen molar-refractivity contribution in [1.82, 2.24) is 16.0 Å². The van der Waals surface area contributed by atoms with E-state index in [0.29, 0.717) is 37.1 Å². The molecule has 0 spiro atoms. The van der Waals surface area contributed by atoms with Crippen molar-refractivity contribution in [3.8, 4) is 0 Å². The van der Waals surface area contributed by atoms with E-state index in [9.17, 15) is 35.9 Å². The molecular formula is C23H31F6N3O2. The first kappa shape index (κ1) is 27.9. The number of carbonyl (C=O) groups is 2. The second-order valence-electron chi connectivity index (χ2n) is 9.22. The molecule has 1 aliphatic rings. The summed E-state index contributed by atoms with van der Waals surface area (Å²) in [6.07, 6.45) is -6.77. The second-order valence-corrected chi connectivity index (χ2v) is 9.22. The number of amides is 2. The van der Waals surface area contributed by atoms with Crippen molar-refractivity contribution in [3.05, 3.63) is 34.9 Å². The minimum Gasteiger partial charge on any atom is -0.355 e. The van der Waals surface area contributed by atoms with Gasteiger partial charge in [-0.25, -0.2) is 0 Å². The van der Waals surface area contributed by atoms with Crippen LogP contribution in [0.3, 0.4) is 0 Å². The van der Waals surface area contributed by atoms with E-state index in [4.69, 9.17) is 0 Å². The zero-order valence-corrected chi connectivity index (χ0v) is 19.2. The summed E-state index contributed by atoms with van der Waals surface area (Å²) < 4.78 is 77.9. The van der Waals surface area contributed by atoms with Crippen LogP contribution in [0, 0.1) is 17.8 Å². The topological polar surface area (TPSA) is 70.2 Å². The van der Waals surface area contributed by atoms with Gasteiger partial charge in [-0.2, -0.15) is 26.3 Å². The first-order valence-corrected chi connectivity index (χ1v) is 11.3. The van der Waals surface area contributed by atoms with Gasteiger partial charge in [0.15, 0.2) is 0 Å². The van der Waals surface area contributed by atoms with Crippen molar-refractivity contribution >= 4 is 11.8 Å². The quantitative estimate of drug-likeness (QED) is 0.438. The molecule has 3 N–H and O–H groups in total. The van der Waals surface area contributed by atoms with Gasteiger partial charge in [-0.1, -0.05) is 13.8 Å². The Balaban J connectivity index is 1.81. The zero-order valence-electron chi connectivity index (χ0n) is 19.2. The third kappa shape index (κ3) is 9.15. The molecule has 0 unspecified atom stereocenters. The molecule has 1 aromatic rings. The smallest absolute Gasteiger partial charge is 0.355 e. The number of benzene rings is 1. The lowest BCUT2D eigenvalue weighted by molar-refractivity contribution is -0.143. The van der Waals surface area contributed by atoms with Crippen LogP contribution < -0.4 is 16.0 Å². The van der Waals surface area contributed by atoms with E-state index >= 15 is 0 Å². The highest BCUT2D eigenvalue weighted by Gasteiger charge is 2.37. The van der Waals surface area contributed by atoms with Gasteiger partial charge in [0.05, 0.1) is 17.7 Å². The second kappa shape index (κ2) is 11.9. The molecule has 0 atom stereocenters. The Labute approximate surface area is 195 Å². The fraction of sp³-hybridized carbons (Fsp3) is 0.652. The molecule has 0 heterocycles. The Bertz CT molecular complexity index is 799. The van der Waals surface area contributed by atoms with Crippen LogP contribution >= 0.6 is 0 Å². The Morgan fingerprint density at radius 2 is 1.35 bits per heavy atom. The summed E-state index contributed by atoms with van der Waals surface area (Å²) in [5.41, 5.74) is -3.70. The highest BCUT2D eigenvalue weighted by Crippen LogP contribution is 2.36. The number of alkyl halides is 6.